The molecular formula is C25H26N2O5. The molecule has 0 N–H and O–H groups in total. The summed E-state index contributed by atoms with van der Waals surface area (Å²) >= 11 is 0. The Labute approximate surface area is 186 Å². The Morgan fingerprint density at radius 1 is 1.16 bits per heavy atom. The maximum atomic E-state index is 12.8. The van der Waals surface area contributed by atoms with Gasteiger partial charge in [-0.05, 0) is 49.8 Å². The fourth-order valence-corrected chi connectivity index (χ4v) is 3.59. The van der Waals surface area contributed by atoms with Crippen molar-refractivity contribution < 1.29 is 23.5 Å². The van der Waals surface area contributed by atoms with Crippen molar-refractivity contribution in [2.24, 2.45) is 0 Å². The summed E-state index contributed by atoms with van der Waals surface area (Å²) in [7, 11) is 1.34. The molecule has 0 atom stereocenters. The van der Waals surface area contributed by atoms with Gasteiger partial charge in [-0.2, -0.15) is 0 Å². The SMILES string of the molecule is CC=CC(=O)N(CCOc1ccc(C(=O)OC)cc1)c1cc2cccc(N3CCC3)c2o1. The van der Waals surface area contributed by atoms with E-state index in [1.165, 1.54) is 19.6 Å². The van der Waals surface area contributed by atoms with Crippen molar-refractivity contribution in [1.82, 2.24) is 0 Å². The Morgan fingerprint density at radius 3 is 2.59 bits per heavy atom. The first kappa shape index (κ1) is 21.5. The average molecular weight is 434 g/mol. The minimum atomic E-state index is -0.401. The molecule has 0 bridgehead atoms. The van der Waals surface area contributed by atoms with Gasteiger partial charge in [0.2, 0.25) is 5.88 Å². The highest BCUT2D eigenvalue weighted by Crippen LogP contribution is 2.35. The molecule has 1 amide bonds. The normalized spacial score (nSPS) is 13.2. The lowest BCUT2D eigenvalue weighted by Gasteiger charge is -2.33. The predicted octanol–water partition coefficient (Wildman–Crippen LogP) is 4.42. The number of carbonyl (C=O) groups excluding carboxylic acids is 2. The molecule has 0 radical (unpaired) electrons. The number of ether oxygens (including phenoxy) is 2. The highest BCUT2D eigenvalue weighted by atomic mass is 16.5. The number of benzene rings is 2. The van der Waals surface area contributed by atoms with Gasteiger partial charge in [0.1, 0.15) is 12.4 Å². The number of hydrogen-bond acceptors (Lipinski definition) is 6. The standard InChI is InChI=1S/C25H26N2O5/c1-3-6-22(28)27(15-16-31-20-11-9-18(10-12-20)25(29)30-2)23-17-19-7-4-8-21(24(19)32-23)26-13-5-14-26/h3-4,6-12,17H,5,13-16H2,1-2H3. The third-order valence-corrected chi connectivity index (χ3v) is 5.41. The number of nitrogens with zero attached hydrogens (tertiary/aromatic N) is 2. The first-order chi connectivity index (χ1) is 15.6. The van der Waals surface area contributed by atoms with Crippen molar-refractivity contribution in [2.45, 2.75) is 13.3 Å². The van der Waals surface area contributed by atoms with E-state index in [9.17, 15) is 9.59 Å². The number of methoxy groups -OCH3 is 1. The average Bonchev–Trinajstić information content (AvgIpc) is 3.20. The van der Waals surface area contributed by atoms with Crippen molar-refractivity contribution in [3.8, 4) is 5.75 Å². The smallest absolute Gasteiger partial charge is 0.337 e. The zero-order valence-corrected chi connectivity index (χ0v) is 18.2. The van der Waals surface area contributed by atoms with E-state index in [0.29, 0.717) is 23.7 Å². The van der Waals surface area contributed by atoms with Gasteiger partial charge in [-0.1, -0.05) is 18.2 Å². The number of fused-ring (bicyclic) bond motifs is 1. The maximum absolute atomic E-state index is 12.8. The van der Waals surface area contributed by atoms with Crippen molar-refractivity contribution in [3.63, 3.8) is 0 Å². The minimum absolute atomic E-state index is 0.179. The number of para-hydroxylation sites is 1. The number of furan rings is 1. The lowest BCUT2D eigenvalue weighted by Crippen LogP contribution is -2.37. The molecule has 7 nitrogen and oxygen atoms in total. The fraction of sp³-hybridized carbons (Fsp3) is 0.280. The first-order valence-electron chi connectivity index (χ1n) is 10.6. The summed E-state index contributed by atoms with van der Waals surface area (Å²) in [5.41, 5.74) is 2.30. The van der Waals surface area contributed by atoms with E-state index in [1.807, 2.05) is 24.3 Å². The molecule has 32 heavy (non-hydrogen) atoms. The van der Waals surface area contributed by atoms with Gasteiger partial charge >= 0.3 is 5.97 Å². The van der Waals surface area contributed by atoms with Crippen LogP contribution in [0.1, 0.15) is 23.7 Å². The molecule has 0 spiro atoms. The van der Waals surface area contributed by atoms with Gasteiger partial charge in [0.05, 0.1) is 24.9 Å². The lowest BCUT2D eigenvalue weighted by atomic mass is 10.1. The van der Waals surface area contributed by atoms with E-state index >= 15 is 0 Å². The summed E-state index contributed by atoms with van der Waals surface area (Å²) in [6.07, 6.45) is 4.39. The van der Waals surface area contributed by atoms with Crippen molar-refractivity contribution >= 4 is 34.4 Å². The number of amides is 1. The van der Waals surface area contributed by atoms with Crippen LogP contribution in [0, 0.1) is 0 Å². The third-order valence-electron chi connectivity index (χ3n) is 5.41. The molecule has 1 saturated heterocycles. The highest BCUT2D eigenvalue weighted by Gasteiger charge is 2.22. The second kappa shape index (κ2) is 9.60. The Balaban J connectivity index is 1.50. The Hall–Kier alpha value is -3.74. The number of allylic oxidation sites excluding steroid dienone is 1. The van der Waals surface area contributed by atoms with E-state index < -0.39 is 5.97 Å². The lowest BCUT2D eigenvalue weighted by molar-refractivity contribution is -0.114. The van der Waals surface area contributed by atoms with Crippen molar-refractivity contribution in [1.29, 1.82) is 0 Å². The summed E-state index contributed by atoms with van der Waals surface area (Å²) in [5, 5.41) is 0.960. The van der Waals surface area contributed by atoms with Crippen LogP contribution < -0.4 is 14.5 Å². The van der Waals surface area contributed by atoms with Crippen LogP contribution in [-0.2, 0) is 9.53 Å². The molecule has 0 aliphatic carbocycles. The number of anilines is 2. The Bertz CT molecular complexity index is 1130. The van der Waals surface area contributed by atoms with Gasteiger partial charge in [-0.25, -0.2) is 4.79 Å². The predicted molar refractivity (Wildman–Crippen MR) is 123 cm³/mol. The molecule has 2 aromatic carbocycles. The fourth-order valence-electron chi connectivity index (χ4n) is 3.59. The molecule has 0 unspecified atom stereocenters. The highest BCUT2D eigenvalue weighted by molar-refractivity contribution is 6.02. The van der Waals surface area contributed by atoms with Crippen LogP contribution in [0.15, 0.2) is 65.1 Å². The zero-order valence-electron chi connectivity index (χ0n) is 18.2. The summed E-state index contributed by atoms with van der Waals surface area (Å²) < 4.78 is 16.7. The largest absolute Gasteiger partial charge is 0.492 e. The van der Waals surface area contributed by atoms with Gasteiger partial charge in [0.25, 0.3) is 5.91 Å². The summed E-state index contributed by atoms with van der Waals surface area (Å²) in [4.78, 5) is 28.2. The van der Waals surface area contributed by atoms with Crippen molar-refractivity contribution in [2.75, 3.05) is 43.2 Å². The summed E-state index contributed by atoms with van der Waals surface area (Å²) in [5.74, 6) is 0.505. The van der Waals surface area contributed by atoms with Crippen LogP contribution in [0.3, 0.4) is 0 Å². The summed E-state index contributed by atoms with van der Waals surface area (Å²) in [6, 6.07) is 14.6. The number of hydrogen-bond donors (Lipinski definition) is 0. The second-order valence-electron chi connectivity index (χ2n) is 7.48. The summed E-state index contributed by atoms with van der Waals surface area (Å²) in [6.45, 7) is 4.39. The van der Waals surface area contributed by atoms with E-state index in [4.69, 9.17) is 13.9 Å². The van der Waals surface area contributed by atoms with Gasteiger partial charge < -0.3 is 18.8 Å². The van der Waals surface area contributed by atoms with Crippen LogP contribution in [0.4, 0.5) is 11.6 Å². The molecule has 7 heteroatoms. The molecular weight excluding hydrogens is 408 g/mol. The molecule has 2 heterocycles. The van der Waals surface area contributed by atoms with Crippen LogP contribution >= 0.6 is 0 Å². The molecule has 1 aliphatic rings. The van der Waals surface area contributed by atoms with Crippen LogP contribution in [-0.4, -0.2) is 45.2 Å². The van der Waals surface area contributed by atoms with Crippen LogP contribution in [0.25, 0.3) is 11.0 Å². The van der Waals surface area contributed by atoms with Crippen LogP contribution in [0.2, 0.25) is 0 Å². The van der Waals surface area contributed by atoms with Crippen molar-refractivity contribution in [3.05, 3.63) is 66.2 Å². The van der Waals surface area contributed by atoms with E-state index in [1.54, 1.807) is 42.2 Å². The molecule has 3 aromatic rings. The molecule has 0 saturated carbocycles. The molecule has 1 aliphatic heterocycles. The molecule has 1 fully saturated rings. The van der Waals surface area contributed by atoms with Gasteiger partial charge in [0.15, 0.2) is 5.58 Å². The van der Waals surface area contributed by atoms with E-state index in [0.717, 1.165) is 29.7 Å². The van der Waals surface area contributed by atoms with Gasteiger partial charge in [0, 0.05) is 24.5 Å². The number of esters is 1. The first-order valence-corrected chi connectivity index (χ1v) is 10.6. The van der Waals surface area contributed by atoms with Gasteiger partial charge in [-0.15, -0.1) is 0 Å². The number of carbonyl (C=O) groups is 2. The minimum Gasteiger partial charge on any atom is -0.492 e. The third kappa shape index (κ3) is 4.46. The second-order valence-corrected chi connectivity index (χ2v) is 7.48. The maximum Gasteiger partial charge on any atom is 0.337 e. The van der Waals surface area contributed by atoms with E-state index in [2.05, 4.69) is 4.90 Å². The van der Waals surface area contributed by atoms with Gasteiger partial charge in [-0.3, -0.25) is 9.69 Å². The Kier molecular flexibility index (Phi) is 6.44. The molecule has 4 rings (SSSR count). The topological polar surface area (TPSA) is 72.2 Å². The quantitative estimate of drug-likeness (QED) is 0.386. The molecule has 166 valence electrons. The Morgan fingerprint density at radius 2 is 1.94 bits per heavy atom. The monoisotopic (exact) mass is 434 g/mol. The van der Waals surface area contributed by atoms with Crippen LogP contribution in [0.5, 0.6) is 5.75 Å². The zero-order chi connectivity index (χ0) is 22.5. The van der Waals surface area contributed by atoms with E-state index in [-0.39, 0.29) is 12.5 Å². The molecule has 1 aromatic heterocycles. The number of rotatable bonds is 8.